The normalized spacial score (nSPS) is 13.5. The van der Waals surface area contributed by atoms with Crippen LogP contribution in [0.1, 0.15) is 47.7 Å². The summed E-state index contributed by atoms with van der Waals surface area (Å²) >= 11 is 0. The molecule has 0 spiro atoms. The molecule has 5 aromatic rings. The number of anilines is 2. The van der Waals surface area contributed by atoms with Gasteiger partial charge >= 0.3 is 0 Å². The molecule has 3 aromatic heterocycles. The highest BCUT2D eigenvalue weighted by Gasteiger charge is 2.21. The fraction of sp³-hybridized carbons (Fsp3) is 0.286. The predicted octanol–water partition coefficient (Wildman–Crippen LogP) is 6.42. The van der Waals surface area contributed by atoms with Gasteiger partial charge in [-0.15, -0.1) is 0 Å². The maximum absolute atomic E-state index is 13.4. The highest BCUT2D eigenvalue weighted by Crippen LogP contribution is 2.32. The van der Waals surface area contributed by atoms with Gasteiger partial charge in [0.15, 0.2) is 5.82 Å². The van der Waals surface area contributed by atoms with Crippen molar-refractivity contribution >= 4 is 34.2 Å². The summed E-state index contributed by atoms with van der Waals surface area (Å²) in [7, 11) is 0. The Morgan fingerprint density at radius 3 is 2.62 bits per heavy atom. The van der Waals surface area contributed by atoms with Crippen molar-refractivity contribution < 1.29 is 14.3 Å². The van der Waals surface area contributed by atoms with Gasteiger partial charge < -0.3 is 25.3 Å². The number of rotatable bonds is 9. The molecule has 2 amide bonds. The number of nitrogens with one attached hydrogen (secondary N) is 3. The first-order valence-electron chi connectivity index (χ1n) is 15.4. The van der Waals surface area contributed by atoms with Gasteiger partial charge in [-0.2, -0.15) is 4.98 Å². The first-order valence-corrected chi connectivity index (χ1v) is 15.4. The van der Waals surface area contributed by atoms with Crippen molar-refractivity contribution in [2.75, 3.05) is 29.9 Å². The lowest BCUT2D eigenvalue weighted by molar-refractivity contribution is -0.121. The van der Waals surface area contributed by atoms with E-state index in [9.17, 15) is 9.59 Å². The van der Waals surface area contributed by atoms with E-state index in [1.54, 1.807) is 30.7 Å². The number of aromatic amines is 1. The number of aryl methyl sites for hydroxylation is 2. The number of carbonyl (C=O) groups excluding carboxylic acids is 2. The SMILES string of the molecule is CCC(=O)NCC1CCN(c2ccc(NC(=O)c3ccc(C)c(Oc4nc(-c5cccnc5)nc5cc[nH]c45)c3)cc2C)CC1. The molecule has 1 fully saturated rings. The van der Waals surface area contributed by atoms with Crippen molar-refractivity contribution in [1.82, 2.24) is 25.3 Å². The lowest BCUT2D eigenvalue weighted by Crippen LogP contribution is -2.38. The number of benzene rings is 2. The van der Waals surface area contributed by atoms with Gasteiger partial charge in [-0.05, 0) is 92.3 Å². The van der Waals surface area contributed by atoms with E-state index in [4.69, 9.17) is 4.74 Å². The van der Waals surface area contributed by atoms with Gasteiger partial charge in [0.1, 0.15) is 11.3 Å². The number of ether oxygens (including phenoxy) is 1. The third-order valence-electron chi connectivity index (χ3n) is 8.27. The summed E-state index contributed by atoms with van der Waals surface area (Å²) in [6, 6.07) is 17.0. The smallest absolute Gasteiger partial charge is 0.255 e. The van der Waals surface area contributed by atoms with E-state index in [0.717, 1.165) is 54.9 Å². The molecule has 10 nitrogen and oxygen atoms in total. The average molecular weight is 604 g/mol. The Balaban J connectivity index is 1.14. The number of pyridine rings is 1. The van der Waals surface area contributed by atoms with E-state index in [2.05, 4.69) is 48.5 Å². The van der Waals surface area contributed by atoms with Gasteiger partial charge in [0, 0.05) is 67.1 Å². The number of hydrogen-bond donors (Lipinski definition) is 3. The summed E-state index contributed by atoms with van der Waals surface area (Å²) in [5.41, 5.74) is 6.49. The van der Waals surface area contributed by atoms with Crippen LogP contribution in [0.15, 0.2) is 73.2 Å². The standard InChI is InChI=1S/C35H37N7O3/c1-4-31(43)38-20-24-12-16-42(17-13-24)29-10-9-27(18-23(29)3)39-34(44)25-8-7-22(2)30(19-25)45-35-32-28(11-15-37-32)40-33(41-35)26-6-5-14-36-21-26/h5-11,14-15,18-19,21,24,37H,4,12-13,16-17,20H2,1-3H3,(H,38,43)(H,39,44). The minimum absolute atomic E-state index is 0.111. The summed E-state index contributed by atoms with van der Waals surface area (Å²) < 4.78 is 6.32. The second-order valence-electron chi connectivity index (χ2n) is 11.5. The van der Waals surface area contributed by atoms with Crippen molar-refractivity contribution in [3.8, 4) is 23.0 Å². The molecular formula is C35H37N7O3. The van der Waals surface area contributed by atoms with Crippen molar-refractivity contribution in [2.45, 2.75) is 40.0 Å². The van der Waals surface area contributed by atoms with E-state index >= 15 is 0 Å². The minimum Gasteiger partial charge on any atom is -0.437 e. The number of aromatic nitrogens is 4. The van der Waals surface area contributed by atoms with Gasteiger partial charge in [0.2, 0.25) is 11.8 Å². The second kappa shape index (κ2) is 13.2. The Bertz CT molecular complexity index is 1830. The Morgan fingerprint density at radius 2 is 1.87 bits per heavy atom. The molecule has 0 unspecified atom stereocenters. The first kappa shape index (κ1) is 29.8. The van der Waals surface area contributed by atoms with Crippen LogP contribution in [-0.4, -0.2) is 51.4 Å². The Hall–Kier alpha value is -5.25. The van der Waals surface area contributed by atoms with Crippen LogP contribution in [0.4, 0.5) is 11.4 Å². The fourth-order valence-corrected chi connectivity index (χ4v) is 5.62. The molecule has 2 aromatic carbocycles. The Kier molecular flexibility index (Phi) is 8.72. The summed E-state index contributed by atoms with van der Waals surface area (Å²) in [5.74, 6) is 1.78. The molecule has 4 heterocycles. The number of hydrogen-bond acceptors (Lipinski definition) is 7. The summed E-state index contributed by atoms with van der Waals surface area (Å²) in [5, 5.41) is 6.07. The summed E-state index contributed by atoms with van der Waals surface area (Å²) in [6.45, 7) is 8.50. The third-order valence-corrected chi connectivity index (χ3v) is 8.27. The molecule has 1 aliphatic heterocycles. The van der Waals surface area contributed by atoms with Gasteiger partial charge in [0.05, 0.1) is 5.52 Å². The van der Waals surface area contributed by atoms with Crippen LogP contribution in [0.5, 0.6) is 11.6 Å². The van der Waals surface area contributed by atoms with Gasteiger partial charge in [-0.3, -0.25) is 14.6 Å². The molecule has 45 heavy (non-hydrogen) atoms. The lowest BCUT2D eigenvalue weighted by atomic mass is 9.95. The van der Waals surface area contributed by atoms with Crippen LogP contribution in [0.25, 0.3) is 22.4 Å². The third kappa shape index (κ3) is 6.80. The summed E-state index contributed by atoms with van der Waals surface area (Å²) in [6.07, 6.45) is 7.80. The number of piperidine rings is 1. The van der Waals surface area contributed by atoms with Crippen LogP contribution in [0, 0.1) is 19.8 Å². The molecule has 1 aliphatic rings. The average Bonchev–Trinajstić information content (AvgIpc) is 3.55. The van der Waals surface area contributed by atoms with Crippen LogP contribution < -0.4 is 20.3 Å². The molecule has 3 N–H and O–H groups in total. The molecule has 0 radical (unpaired) electrons. The number of fused-ring (bicyclic) bond motifs is 1. The number of nitrogens with zero attached hydrogens (tertiary/aromatic N) is 4. The zero-order valence-corrected chi connectivity index (χ0v) is 25.8. The zero-order chi connectivity index (χ0) is 31.3. The Labute approximate surface area is 262 Å². The molecule has 0 atom stereocenters. The molecule has 0 aliphatic carbocycles. The van der Waals surface area contributed by atoms with Crippen LogP contribution >= 0.6 is 0 Å². The van der Waals surface area contributed by atoms with E-state index in [1.165, 1.54) is 5.69 Å². The molecular weight excluding hydrogens is 566 g/mol. The highest BCUT2D eigenvalue weighted by molar-refractivity contribution is 6.04. The number of H-pyrrole nitrogens is 1. The van der Waals surface area contributed by atoms with Gasteiger partial charge in [0.25, 0.3) is 5.91 Å². The Morgan fingerprint density at radius 1 is 1.02 bits per heavy atom. The summed E-state index contributed by atoms with van der Waals surface area (Å²) in [4.78, 5) is 44.0. The minimum atomic E-state index is -0.231. The van der Waals surface area contributed by atoms with Crippen LogP contribution in [-0.2, 0) is 4.79 Å². The monoisotopic (exact) mass is 603 g/mol. The maximum Gasteiger partial charge on any atom is 0.255 e. The van der Waals surface area contributed by atoms with Crippen LogP contribution in [0.3, 0.4) is 0 Å². The van der Waals surface area contributed by atoms with Gasteiger partial charge in [-0.1, -0.05) is 13.0 Å². The maximum atomic E-state index is 13.4. The van der Waals surface area contributed by atoms with E-state index in [1.807, 2.05) is 50.2 Å². The van der Waals surface area contributed by atoms with Crippen molar-refractivity contribution in [3.63, 3.8) is 0 Å². The van der Waals surface area contributed by atoms with Crippen molar-refractivity contribution in [3.05, 3.63) is 89.9 Å². The van der Waals surface area contributed by atoms with E-state index < -0.39 is 0 Å². The molecule has 10 heteroatoms. The van der Waals surface area contributed by atoms with Crippen molar-refractivity contribution in [2.24, 2.45) is 5.92 Å². The largest absolute Gasteiger partial charge is 0.437 e. The molecule has 230 valence electrons. The quantitative estimate of drug-likeness (QED) is 0.177. The number of carbonyl (C=O) groups is 2. The van der Waals surface area contributed by atoms with E-state index in [-0.39, 0.29) is 11.8 Å². The highest BCUT2D eigenvalue weighted by atomic mass is 16.5. The zero-order valence-electron chi connectivity index (χ0n) is 25.8. The van der Waals surface area contributed by atoms with Gasteiger partial charge in [-0.25, -0.2) is 4.98 Å². The topological polar surface area (TPSA) is 125 Å². The fourth-order valence-electron chi connectivity index (χ4n) is 5.62. The number of amides is 2. The molecule has 0 bridgehead atoms. The van der Waals surface area contributed by atoms with Crippen LogP contribution in [0.2, 0.25) is 0 Å². The molecule has 1 saturated heterocycles. The second-order valence-corrected chi connectivity index (χ2v) is 11.5. The lowest BCUT2D eigenvalue weighted by Gasteiger charge is -2.34. The molecule has 6 rings (SSSR count). The van der Waals surface area contributed by atoms with Crippen molar-refractivity contribution in [1.29, 1.82) is 0 Å². The predicted molar refractivity (Wildman–Crippen MR) is 176 cm³/mol. The molecule has 0 saturated carbocycles. The van der Waals surface area contributed by atoms with E-state index in [0.29, 0.717) is 46.4 Å². The first-order chi connectivity index (χ1) is 21.9.